The minimum atomic E-state index is -0.594. The molecule has 0 spiro atoms. The van der Waals surface area contributed by atoms with E-state index in [0.29, 0.717) is 16.5 Å². The number of hydrogen-bond acceptors (Lipinski definition) is 1. The Hall–Kier alpha value is -1.02. The molecule has 0 aliphatic heterocycles. The highest BCUT2D eigenvalue weighted by molar-refractivity contribution is 6.31. The van der Waals surface area contributed by atoms with Gasteiger partial charge >= 0.3 is 0 Å². The van der Waals surface area contributed by atoms with E-state index in [1.807, 2.05) is 37.3 Å². The van der Waals surface area contributed by atoms with Crippen molar-refractivity contribution in [3.8, 4) is 0 Å². The van der Waals surface area contributed by atoms with Crippen molar-refractivity contribution in [3.05, 3.63) is 69.2 Å². The molecule has 0 amide bonds. The standard InChI is InChI=1S/C15H14Cl2O/c1-10-5-6-11(14(17)7-10)9-15(18)12-3-2-4-13(16)8-12/h2-8,15,18H,9H2,1H3. The summed E-state index contributed by atoms with van der Waals surface area (Å²) in [6.07, 6.45) is -0.108. The summed E-state index contributed by atoms with van der Waals surface area (Å²) in [5.41, 5.74) is 2.86. The first-order valence-corrected chi connectivity index (χ1v) is 6.50. The van der Waals surface area contributed by atoms with E-state index < -0.39 is 6.10 Å². The Bertz CT molecular complexity index is 552. The number of benzene rings is 2. The number of aryl methyl sites for hydroxylation is 1. The zero-order valence-corrected chi connectivity index (χ0v) is 11.5. The lowest BCUT2D eigenvalue weighted by Crippen LogP contribution is -2.02. The zero-order valence-electron chi connectivity index (χ0n) is 10.0. The minimum absolute atomic E-state index is 0.486. The van der Waals surface area contributed by atoms with Crippen LogP contribution in [-0.4, -0.2) is 5.11 Å². The maximum atomic E-state index is 10.2. The lowest BCUT2D eigenvalue weighted by Gasteiger charge is -2.13. The Morgan fingerprint density at radius 1 is 1.11 bits per heavy atom. The Labute approximate surface area is 117 Å². The highest BCUT2D eigenvalue weighted by Gasteiger charge is 2.11. The van der Waals surface area contributed by atoms with Gasteiger partial charge in [0.1, 0.15) is 0 Å². The highest BCUT2D eigenvalue weighted by Crippen LogP contribution is 2.25. The SMILES string of the molecule is Cc1ccc(CC(O)c2cccc(Cl)c2)c(Cl)c1. The fraction of sp³-hybridized carbons (Fsp3) is 0.200. The zero-order chi connectivity index (χ0) is 13.1. The predicted octanol–water partition coefficient (Wildman–Crippen LogP) is 4.58. The molecule has 18 heavy (non-hydrogen) atoms. The second kappa shape index (κ2) is 5.75. The van der Waals surface area contributed by atoms with Crippen LogP contribution < -0.4 is 0 Å². The van der Waals surface area contributed by atoms with Crippen LogP contribution in [0.15, 0.2) is 42.5 Å². The highest BCUT2D eigenvalue weighted by atomic mass is 35.5. The second-order valence-corrected chi connectivity index (χ2v) is 5.21. The predicted molar refractivity (Wildman–Crippen MR) is 76.3 cm³/mol. The molecule has 1 N–H and O–H groups in total. The van der Waals surface area contributed by atoms with Gasteiger partial charge in [-0.2, -0.15) is 0 Å². The van der Waals surface area contributed by atoms with Crippen molar-refractivity contribution >= 4 is 23.2 Å². The van der Waals surface area contributed by atoms with Gasteiger partial charge in [0, 0.05) is 16.5 Å². The van der Waals surface area contributed by atoms with E-state index in [0.717, 1.165) is 16.7 Å². The molecule has 2 aromatic carbocycles. The van der Waals surface area contributed by atoms with Crippen molar-refractivity contribution in [2.45, 2.75) is 19.4 Å². The summed E-state index contributed by atoms with van der Waals surface area (Å²) in [6.45, 7) is 1.99. The monoisotopic (exact) mass is 280 g/mol. The van der Waals surface area contributed by atoms with E-state index in [1.165, 1.54) is 0 Å². The normalized spacial score (nSPS) is 12.4. The molecule has 0 bridgehead atoms. The van der Waals surface area contributed by atoms with Gasteiger partial charge in [-0.25, -0.2) is 0 Å². The quantitative estimate of drug-likeness (QED) is 0.873. The molecule has 0 heterocycles. The smallest absolute Gasteiger partial charge is 0.0831 e. The number of hydrogen-bond donors (Lipinski definition) is 1. The molecular formula is C15H14Cl2O. The van der Waals surface area contributed by atoms with Crippen LogP contribution in [0.3, 0.4) is 0 Å². The molecule has 0 saturated carbocycles. The Morgan fingerprint density at radius 2 is 1.89 bits per heavy atom. The number of aliphatic hydroxyl groups excluding tert-OH is 1. The van der Waals surface area contributed by atoms with Crippen LogP contribution in [0.5, 0.6) is 0 Å². The molecule has 0 radical (unpaired) electrons. The topological polar surface area (TPSA) is 20.2 Å². The van der Waals surface area contributed by atoms with Crippen LogP contribution in [0, 0.1) is 6.92 Å². The fourth-order valence-corrected chi connectivity index (χ4v) is 2.37. The number of aliphatic hydroxyl groups is 1. The van der Waals surface area contributed by atoms with Gasteiger partial charge in [0.15, 0.2) is 0 Å². The van der Waals surface area contributed by atoms with E-state index in [-0.39, 0.29) is 0 Å². The summed E-state index contributed by atoms with van der Waals surface area (Å²) in [6, 6.07) is 13.1. The van der Waals surface area contributed by atoms with Gasteiger partial charge in [0.25, 0.3) is 0 Å². The summed E-state index contributed by atoms with van der Waals surface area (Å²) in [4.78, 5) is 0. The van der Waals surface area contributed by atoms with E-state index in [9.17, 15) is 5.11 Å². The summed E-state index contributed by atoms with van der Waals surface area (Å²) in [5, 5.41) is 11.5. The molecule has 1 nitrogen and oxygen atoms in total. The van der Waals surface area contributed by atoms with Crippen LogP contribution in [0.2, 0.25) is 10.0 Å². The van der Waals surface area contributed by atoms with Crippen molar-refractivity contribution < 1.29 is 5.11 Å². The van der Waals surface area contributed by atoms with E-state index in [4.69, 9.17) is 23.2 Å². The van der Waals surface area contributed by atoms with Crippen molar-refractivity contribution in [1.29, 1.82) is 0 Å². The van der Waals surface area contributed by atoms with Crippen LogP contribution in [0.4, 0.5) is 0 Å². The van der Waals surface area contributed by atoms with Crippen LogP contribution in [-0.2, 0) is 6.42 Å². The summed E-state index contributed by atoms with van der Waals surface area (Å²) >= 11 is 12.1. The fourth-order valence-electron chi connectivity index (χ4n) is 1.86. The third kappa shape index (κ3) is 3.26. The van der Waals surface area contributed by atoms with Crippen molar-refractivity contribution in [2.75, 3.05) is 0 Å². The molecule has 2 aromatic rings. The molecule has 0 aliphatic rings. The van der Waals surface area contributed by atoms with Gasteiger partial charge in [-0.1, -0.05) is 47.5 Å². The van der Waals surface area contributed by atoms with Gasteiger partial charge in [0.2, 0.25) is 0 Å². The minimum Gasteiger partial charge on any atom is -0.388 e. The molecule has 1 unspecified atom stereocenters. The molecule has 94 valence electrons. The molecule has 2 rings (SSSR count). The lowest BCUT2D eigenvalue weighted by molar-refractivity contribution is 0.178. The first-order chi connectivity index (χ1) is 8.56. The summed E-state index contributed by atoms with van der Waals surface area (Å²) in [5.74, 6) is 0. The van der Waals surface area contributed by atoms with Crippen molar-refractivity contribution in [1.82, 2.24) is 0 Å². The van der Waals surface area contributed by atoms with Crippen molar-refractivity contribution in [3.63, 3.8) is 0 Å². The van der Waals surface area contributed by atoms with E-state index >= 15 is 0 Å². The Kier molecular flexibility index (Phi) is 4.28. The summed E-state index contributed by atoms with van der Waals surface area (Å²) in [7, 11) is 0. The molecular weight excluding hydrogens is 267 g/mol. The lowest BCUT2D eigenvalue weighted by atomic mass is 10.0. The molecule has 1 atom stereocenters. The van der Waals surface area contributed by atoms with Crippen LogP contribution in [0.25, 0.3) is 0 Å². The molecule has 0 aromatic heterocycles. The molecule has 0 aliphatic carbocycles. The Balaban J connectivity index is 2.18. The van der Waals surface area contributed by atoms with Gasteiger partial charge < -0.3 is 5.11 Å². The van der Waals surface area contributed by atoms with Crippen molar-refractivity contribution in [2.24, 2.45) is 0 Å². The number of rotatable bonds is 3. The summed E-state index contributed by atoms with van der Waals surface area (Å²) < 4.78 is 0. The third-order valence-electron chi connectivity index (χ3n) is 2.86. The first kappa shape index (κ1) is 13.4. The molecule has 3 heteroatoms. The van der Waals surface area contributed by atoms with Crippen LogP contribution >= 0.6 is 23.2 Å². The first-order valence-electron chi connectivity index (χ1n) is 5.75. The van der Waals surface area contributed by atoms with E-state index in [2.05, 4.69) is 0 Å². The Morgan fingerprint density at radius 3 is 2.56 bits per heavy atom. The molecule has 0 fully saturated rings. The van der Waals surface area contributed by atoms with Gasteiger partial charge in [-0.3, -0.25) is 0 Å². The maximum absolute atomic E-state index is 10.2. The molecule has 0 saturated heterocycles. The largest absolute Gasteiger partial charge is 0.388 e. The second-order valence-electron chi connectivity index (χ2n) is 4.37. The average Bonchev–Trinajstić information content (AvgIpc) is 2.32. The van der Waals surface area contributed by atoms with Gasteiger partial charge in [0.05, 0.1) is 6.10 Å². The number of halogens is 2. The average molecular weight is 281 g/mol. The van der Waals surface area contributed by atoms with E-state index in [1.54, 1.807) is 12.1 Å². The third-order valence-corrected chi connectivity index (χ3v) is 3.44. The van der Waals surface area contributed by atoms with Gasteiger partial charge in [-0.15, -0.1) is 0 Å². The van der Waals surface area contributed by atoms with Crippen LogP contribution in [0.1, 0.15) is 22.8 Å². The maximum Gasteiger partial charge on any atom is 0.0831 e. The van der Waals surface area contributed by atoms with Gasteiger partial charge in [-0.05, 0) is 41.8 Å².